The molecule has 0 aromatic rings. The predicted molar refractivity (Wildman–Crippen MR) is 107 cm³/mol. The number of hydrogen-bond donors (Lipinski definition) is 2. The molecule has 4 aliphatic rings. The molecular formula is C24H41FO2. The highest BCUT2D eigenvalue weighted by Gasteiger charge is 2.62. The molecule has 0 radical (unpaired) electrons. The standard InChI is InChI=1S/C24H41FO2/c1-15(5-4-12-25)18-6-7-19-22-20(9-11-24(18,19)3)23(2)10-8-17(26)13-16(23)14-21(22)27/h15-22,26-27H,4-14H2,1-3H3/t15-,16-,17-,18-,19+,20+,21-,22+,23+,24-/m1/s1. The fourth-order valence-corrected chi connectivity index (χ4v) is 8.78. The zero-order valence-corrected chi connectivity index (χ0v) is 17.7. The highest BCUT2D eigenvalue weighted by Crippen LogP contribution is 2.68. The zero-order chi connectivity index (χ0) is 19.4. The van der Waals surface area contributed by atoms with Gasteiger partial charge in [0.1, 0.15) is 0 Å². The first-order valence-electron chi connectivity index (χ1n) is 11.7. The van der Waals surface area contributed by atoms with Crippen LogP contribution in [0.3, 0.4) is 0 Å². The maximum absolute atomic E-state index is 12.7. The van der Waals surface area contributed by atoms with Gasteiger partial charge in [0.05, 0.1) is 18.9 Å². The first-order chi connectivity index (χ1) is 12.8. The van der Waals surface area contributed by atoms with E-state index in [1.54, 1.807) is 0 Å². The van der Waals surface area contributed by atoms with Crippen molar-refractivity contribution in [1.29, 1.82) is 0 Å². The molecule has 0 aromatic heterocycles. The summed E-state index contributed by atoms with van der Waals surface area (Å²) < 4.78 is 12.7. The summed E-state index contributed by atoms with van der Waals surface area (Å²) in [4.78, 5) is 0. The summed E-state index contributed by atoms with van der Waals surface area (Å²) in [5.41, 5.74) is 0.637. The van der Waals surface area contributed by atoms with Gasteiger partial charge in [0, 0.05) is 0 Å². The lowest BCUT2D eigenvalue weighted by molar-refractivity contribution is -0.174. The quantitative estimate of drug-likeness (QED) is 0.689. The molecule has 0 unspecified atom stereocenters. The number of aliphatic hydroxyl groups is 2. The van der Waals surface area contributed by atoms with E-state index in [2.05, 4.69) is 20.8 Å². The van der Waals surface area contributed by atoms with E-state index in [9.17, 15) is 14.6 Å². The second-order valence-corrected chi connectivity index (χ2v) is 11.3. The SMILES string of the molecule is C[C@H](CCCF)[C@H]1CC[C@H]2[C@@H]3[C@H](O)C[C@H]4C[C@H](O)CC[C@]4(C)[C@H]3CC[C@]12C. The Bertz CT molecular complexity index is 538. The average molecular weight is 381 g/mol. The average Bonchev–Trinajstić information content (AvgIpc) is 2.98. The van der Waals surface area contributed by atoms with Crippen molar-refractivity contribution in [3.63, 3.8) is 0 Å². The second-order valence-electron chi connectivity index (χ2n) is 11.3. The molecule has 0 saturated heterocycles. The summed E-state index contributed by atoms with van der Waals surface area (Å²) in [5.74, 6) is 3.48. The van der Waals surface area contributed by atoms with Crippen molar-refractivity contribution in [3.8, 4) is 0 Å². The fourth-order valence-electron chi connectivity index (χ4n) is 8.78. The molecule has 2 nitrogen and oxygen atoms in total. The van der Waals surface area contributed by atoms with Crippen LogP contribution in [0.15, 0.2) is 0 Å². The summed E-state index contributed by atoms with van der Waals surface area (Å²) in [6, 6.07) is 0. The molecule has 0 bridgehead atoms. The predicted octanol–water partition coefficient (Wildman–Crippen LogP) is 5.36. The van der Waals surface area contributed by atoms with Gasteiger partial charge < -0.3 is 10.2 Å². The zero-order valence-electron chi connectivity index (χ0n) is 17.7. The lowest BCUT2D eigenvalue weighted by atomic mass is 9.43. The second kappa shape index (κ2) is 7.27. The Labute approximate surface area is 165 Å². The molecular weight excluding hydrogens is 339 g/mol. The lowest BCUT2D eigenvalue weighted by Gasteiger charge is -2.62. The Balaban J connectivity index is 1.57. The summed E-state index contributed by atoms with van der Waals surface area (Å²) in [6.07, 6.45) is 10.3. The minimum Gasteiger partial charge on any atom is -0.393 e. The van der Waals surface area contributed by atoms with Gasteiger partial charge in [-0.3, -0.25) is 4.39 Å². The van der Waals surface area contributed by atoms with Crippen LogP contribution >= 0.6 is 0 Å². The first-order valence-corrected chi connectivity index (χ1v) is 11.7. The van der Waals surface area contributed by atoms with Crippen LogP contribution in [-0.2, 0) is 0 Å². The van der Waals surface area contributed by atoms with Crippen LogP contribution < -0.4 is 0 Å². The van der Waals surface area contributed by atoms with Crippen molar-refractivity contribution in [1.82, 2.24) is 0 Å². The van der Waals surface area contributed by atoms with Crippen LogP contribution in [0.4, 0.5) is 4.39 Å². The number of halogens is 1. The maximum atomic E-state index is 12.7. The number of rotatable bonds is 4. The van der Waals surface area contributed by atoms with E-state index in [0.717, 1.165) is 32.1 Å². The Hall–Kier alpha value is -0.150. The molecule has 0 amide bonds. The van der Waals surface area contributed by atoms with Crippen LogP contribution in [-0.4, -0.2) is 29.1 Å². The van der Waals surface area contributed by atoms with Crippen molar-refractivity contribution < 1.29 is 14.6 Å². The van der Waals surface area contributed by atoms with E-state index in [-0.39, 0.29) is 18.9 Å². The minimum atomic E-state index is -0.192. The third-order valence-corrected chi connectivity index (χ3v) is 10.2. The molecule has 4 rings (SSSR count). The number of hydrogen-bond acceptors (Lipinski definition) is 2. The van der Waals surface area contributed by atoms with Crippen molar-refractivity contribution in [2.75, 3.05) is 6.67 Å². The van der Waals surface area contributed by atoms with Crippen LogP contribution in [0.2, 0.25) is 0 Å². The van der Waals surface area contributed by atoms with Gasteiger partial charge in [-0.15, -0.1) is 0 Å². The molecule has 0 heterocycles. The smallest absolute Gasteiger partial charge is 0.0894 e. The number of fused-ring (bicyclic) bond motifs is 5. The Morgan fingerprint density at radius 2 is 1.67 bits per heavy atom. The van der Waals surface area contributed by atoms with Gasteiger partial charge in [-0.2, -0.15) is 0 Å². The molecule has 0 aliphatic heterocycles. The molecule has 0 spiro atoms. The van der Waals surface area contributed by atoms with Crippen molar-refractivity contribution in [3.05, 3.63) is 0 Å². The molecule has 0 aromatic carbocycles. The highest BCUT2D eigenvalue weighted by atomic mass is 19.1. The third-order valence-electron chi connectivity index (χ3n) is 10.2. The fraction of sp³-hybridized carbons (Fsp3) is 1.00. The van der Waals surface area contributed by atoms with Gasteiger partial charge in [-0.05, 0) is 111 Å². The van der Waals surface area contributed by atoms with Crippen molar-refractivity contribution >= 4 is 0 Å². The van der Waals surface area contributed by atoms with Gasteiger partial charge in [0.2, 0.25) is 0 Å². The van der Waals surface area contributed by atoms with Gasteiger partial charge in [-0.25, -0.2) is 0 Å². The highest BCUT2D eigenvalue weighted by molar-refractivity contribution is 5.11. The summed E-state index contributed by atoms with van der Waals surface area (Å²) in [6.45, 7) is 7.14. The van der Waals surface area contributed by atoms with Gasteiger partial charge in [0.15, 0.2) is 0 Å². The summed E-state index contributed by atoms with van der Waals surface area (Å²) >= 11 is 0. The minimum absolute atomic E-state index is 0.159. The van der Waals surface area contributed by atoms with E-state index in [1.165, 1.54) is 25.7 Å². The van der Waals surface area contributed by atoms with E-state index in [4.69, 9.17) is 0 Å². The molecule has 2 N–H and O–H groups in total. The van der Waals surface area contributed by atoms with E-state index in [0.29, 0.717) is 52.8 Å². The maximum Gasteiger partial charge on any atom is 0.0894 e. The Kier molecular flexibility index (Phi) is 5.42. The molecule has 156 valence electrons. The monoisotopic (exact) mass is 380 g/mol. The van der Waals surface area contributed by atoms with Gasteiger partial charge in [-0.1, -0.05) is 20.8 Å². The number of alkyl halides is 1. The molecule has 3 heteroatoms. The van der Waals surface area contributed by atoms with Gasteiger partial charge >= 0.3 is 0 Å². The van der Waals surface area contributed by atoms with E-state index >= 15 is 0 Å². The van der Waals surface area contributed by atoms with Crippen molar-refractivity contribution in [2.24, 2.45) is 46.3 Å². The van der Waals surface area contributed by atoms with E-state index < -0.39 is 0 Å². The third kappa shape index (κ3) is 3.10. The summed E-state index contributed by atoms with van der Waals surface area (Å²) in [7, 11) is 0. The van der Waals surface area contributed by atoms with Crippen LogP contribution in [0.5, 0.6) is 0 Å². The van der Waals surface area contributed by atoms with Crippen LogP contribution in [0, 0.1) is 46.3 Å². The summed E-state index contributed by atoms with van der Waals surface area (Å²) in [5, 5.41) is 21.4. The number of aliphatic hydroxyl groups excluding tert-OH is 2. The topological polar surface area (TPSA) is 40.5 Å². The largest absolute Gasteiger partial charge is 0.393 e. The van der Waals surface area contributed by atoms with Gasteiger partial charge in [0.25, 0.3) is 0 Å². The Morgan fingerprint density at radius 3 is 2.41 bits per heavy atom. The molecule has 4 fully saturated rings. The normalized spacial score (nSPS) is 53.3. The lowest BCUT2D eigenvalue weighted by Crippen LogP contribution is -2.58. The van der Waals surface area contributed by atoms with Crippen LogP contribution in [0.1, 0.15) is 85.0 Å². The molecule has 27 heavy (non-hydrogen) atoms. The Morgan fingerprint density at radius 1 is 0.963 bits per heavy atom. The molecule has 10 atom stereocenters. The first kappa shape index (κ1) is 20.1. The molecule has 4 saturated carbocycles. The van der Waals surface area contributed by atoms with E-state index in [1.807, 2.05) is 0 Å². The van der Waals surface area contributed by atoms with Crippen molar-refractivity contribution in [2.45, 2.75) is 97.2 Å². The van der Waals surface area contributed by atoms with Crippen LogP contribution in [0.25, 0.3) is 0 Å². The molecule has 4 aliphatic carbocycles.